The predicted octanol–water partition coefficient (Wildman–Crippen LogP) is 1.31. The van der Waals surface area contributed by atoms with E-state index in [0.29, 0.717) is 6.04 Å². The number of hydrogen-bond donors (Lipinski definition) is 2. The molecule has 2 heterocycles. The summed E-state index contributed by atoms with van der Waals surface area (Å²) >= 11 is 0. The zero-order chi connectivity index (χ0) is 11.5. The fourth-order valence-electron chi connectivity index (χ4n) is 1.47. The minimum Gasteiger partial charge on any atom is -0.338 e. The van der Waals surface area contributed by atoms with Crippen LogP contribution in [-0.4, -0.2) is 25.6 Å². The maximum atomic E-state index is 4.32. The molecule has 0 radical (unpaired) electrons. The van der Waals surface area contributed by atoms with Crippen molar-refractivity contribution in [1.29, 1.82) is 0 Å². The zero-order valence-corrected chi connectivity index (χ0v) is 9.86. The van der Waals surface area contributed by atoms with Gasteiger partial charge in [0.15, 0.2) is 11.6 Å². The third kappa shape index (κ3) is 2.30. The van der Waals surface area contributed by atoms with Crippen LogP contribution in [0.5, 0.6) is 0 Å². The molecule has 0 aromatic carbocycles. The summed E-state index contributed by atoms with van der Waals surface area (Å²) in [6.07, 6.45) is 5.52. The van der Waals surface area contributed by atoms with E-state index in [9.17, 15) is 0 Å². The van der Waals surface area contributed by atoms with Crippen LogP contribution in [0.3, 0.4) is 0 Å². The maximum Gasteiger partial charge on any atom is 0.175 e. The van der Waals surface area contributed by atoms with Crippen LogP contribution in [0, 0.1) is 0 Å². The lowest BCUT2D eigenvalue weighted by atomic mass is 10.3. The molecule has 0 saturated heterocycles. The van der Waals surface area contributed by atoms with Crippen LogP contribution in [0.1, 0.15) is 19.5 Å². The second-order valence-electron chi connectivity index (χ2n) is 4.15. The van der Waals surface area contributed by atoms with Crippen molar-refractivity contribution in [2.24, 2.45) is 7.05 Å². The lowest BCUT2D eigenvalue weighted by Crippen LogP contribution is -2.21. The van der Waals surface area contributed by atoms with E-state index in [1.165, 1.54) is 0 Å². The quantitative estimate of drug-likeness (QED) is 0.815. The van der Waals surface area contributed by atoms with E-state index in [-0.39, 0.29) is 0 Å². The van der Waals surface area contributed by atoms with Gasteiger partial charge in [-0.2, -0.15) is 0 Å². The standard InChI is InChI=1S/C11H17N5/c1-8(2)13-6-9-7-14-10(15-9)11-12-4-5-16(11)3/h4-5,7-8,13H,6H2,1-3H3,(H,14,15). The molecule has 2 aromatic rings. The third-order valence-corrected chi connectivity index (χ3v) is 2.36. The summed E-state index contributed by atoms with van der Waals surface area (Å²) in [6, 6.07) is 0.472. The average Bonchev–Trinajstić information content (AvgIpc) is 2.83. The molecule has 0 unspecified atom stereocenters. The number of nitrogens with one attached hydrogen (secondary N) is 2. The predicted molar refractivity (Wildman–Crippen MR) is 62.8 cm³/mol. The molecule has 2 N–H and O–H groups in total. The summed E-state index contributed by atoms with van der Waals surface area (Å²) in [5.74, 6) is 1.67. The third-order valence-electron chi connectivity index (χ3n) is 2.36. The summed E-state index contributed by atoms with van der Waals surface area (Å²) in [4.78, 5) is 11.8. The Morgan fingerprint density at radius 3 is 2.88 bits per heavy atom. The molecule has 2 rings (SSSR count). The van der Waals surface area contributed by atoms with Crippen LogP contribution in [-0.2, 0) is 13.6 Å². The highest BCUT2D eigenvalue weighted by atomic mass is 15.1. The van der Waals surface area contributed by atoms with Crippen molar-refractivity contribution in [2.45, 2.75) is 26.4 Å². The summed E-state index contributed by atoms with van der Waals surface area (Å²) < 4.78 is 1.94. The Labute approximate surface area is 94.9 Å². The molecule has 16 heavy (non-hydrogen) atoms. The molecule has 5 heteroatoms. The number of rotatable bonds is 4. The van der Waals surface area contributed by atoms with E-state index < -0.39 is 0 Å². The average molecular weight is 219 g/mol. The van der Waals surface area contributed by atoms with Crippen LogP contribution in [0.4, 0.5) is 0 Å². The van der Waals surface area contributed by atoms with Crippen molar-refractivity contribution >= 4 is 0 Å². The minimum absolute atomic E-state index is 0.472. The van der Waals surface area contributed by atoms with E-state index in [1.807, 2.05) is 24.0 Å². The van der Waals surface area contributed by atoms with Gasteiger partial charge in [-0.3, -0.25) is 0 Å². The SMILES string of the molecule is CC(C)NCc1cnc(-c2nccn2C)[nH]1. The molecule has 2 aromatic heterocycles. The number of H-pyrrole nitrogens is 1. The van der Waals surface area contributed by atoms with E-state index in [0.717, 1.165) is 23.9 Å². The summed E-state index contributed by atoms with van der Waals surface area (Å²) in [5.41, 5.74) is 1.08. The number of aromatic amines is 1. The van der Waals surface area contributed by atoms with Gasteiger partial charge in [-0.1, -0.05) is 13.8 Å². The van der Waals surface area contributed by atoms with Gasteiger partial charge in [0.25, 0.3) is 0 Å². The first kappa shape index (κ1) is 10.9. The summed E-state index contributed by atoms with van der Waals surface area (Å²) in [6.45, 7) is 5.04. The van der Waals surface area contributed by atoms with Crippen molar-refractivity contribution in [3.05, 3.63) is 24.3 Å². The van der Waals surface area contributed by atoms with Crippen molar-refractivity contribution in [2.75, 3.05) is 0 Å². The fraction of sp³-hybridized carbons (Fsp3) is 0.455. The monoisotopic (exact) mass is 219 g/mol. The zero-order valence-electron chi connectivity index (χ0n) is 9.86. The van der Waals surface area contributed by atoms with Crippen LogP contribution >= 0.6 is 0 Å². The van der Waals surface area contributed by atoms with Gasteiger partial charge in [0.05, 0.1) is 6.20 Å². The van der Waals surface area contributed by atoms with E-state index in [4.69, 9.17) is 0 Å². The second-order valence-corrected chi connectivity index (χ2v) is 4.15. The first-order valence-corrected chi connectivity index (χ1v) is 5.42. The Bertz CT molecular complexity index is 454. The van der Waals surface area contributed by atoms with Crippen molar-refractivity contribution < 1.29 is 0 Å². The number of aryl methyl sites for hydroxylation is 1. The van der Waals surface area contributed by atoms with Gasteiger partial charge in [-0.25, -0.2) is 9.97 Å². The van der Waals surface area contributed by atoms with Crippen LogP contribution in [0.25, 0.3) is 11.6 Å². The Morgan fingerprint density at radius 1 is 1.44 bits per heavy atom. The van der Waals surface area contributed by atoms with Crippen LogP contribution in [0.15, 0.2) is 18.6 Å². The molecule has 5 nitrogen and oxygen atoms in total. The van der Waals surface area contributed by atoms with Crippen LogP contribution in [0.2, 0.25) is 0 Å². The van der Waals surface area contributed by atoms with Gasteiger partial charge in [0, 0.05) is 37.7 Å². The lowest BCUT2D eigenvalue weighted by molar-refractivity contribution is 0.583. The molecule has 0 fully saturated rings. The molecule has 0 atom stereocenters. The molecule has 0 aliphatic heterocycles. The van der Waals surface area contributed by atoms with Gasteiger partial charge in [-0.05, 0) is 0 Å². The molecular formula is C11H17N5. The first-order valence-electron chi connectivity index (χ1n) is 5.42. The summed E-state index contributed by atoms with van der Waals surface area (Å²) in [7, 11) is 1.96. The van der Waals surface area contributed by atoms with Gasteiger partial charge in [0.2, 0.25) is 0 Å². The van der Waals surface area contributed by atoms with E-state index in [1.54, 1.807) is 6.20 Å². The molecule has 0 saturated carbocycles. The Balaban J connectivity index is 2.11. The molecule has 0 aliphatic carbocycles. The number of imidazole rings is 2. The molecular weight excluding hydrogens is 202 g/mol. The lowest BCUT2D eigenvalue weighted by Gasteiger charge is -2.05. The smallest absolute Gasteiger partial charge is 0.175 e. The normalized spacial score (nSPS) is 11.2. The Hall–Kier alpha value is -1.62. The maximum absolute atomic E-state index is 4.32. The van der Waals surface area contributed by atoms with Crippen molar-refractivity contribution in [3.8, 4) is 11.6 Å². The van der Waals surface area contributed by atoms with Gasteiger partial charge in [-0.15, -0.1) is 0 Å². The van der Waals surface area contributed by atoms with Gasteiger partial charge in [0.1, 0.15) is 0 Å². The molecule has 86 valence electrons. The highest BCUT2D eigenvalue weighted by Gasteiger charge is 2.07. The second kappa shape index (κ2) is 4.49. The topological polar surface area (TPSA) is 58.5 Å². The highest BCUT2D eigenvalue weighted by molar-refractivity contribution is 5.44. The first-order chi connectivity index (χ1) is 7.66. The van der Waals surface area contributed by atoms with Gasteiger partial charge >= 0.3 is 0 Å². The molecule has 0 spiro atoms. The van der Waals surface area contributed by atoms with E-state index in [2.05, 4.69) is 34.1 Å². The molecule has 0 amide bonds. The minimum atomic E-state index is 0.472. The Kier molecular flexibility index (Phi) is 3.05. The van der Waals surface area contributed by atoms with Crippen molar-refractivity contribution in [1.82, 2.24) is 24.8 Å². The molecule has 0 bridgehead atoms. The van der Waals surface area contributed by atoms with Crippen molar-refractivity contribution in [3.63, 3.8) is 0 Å². The van der Waals surface area contributed by atoms with Crippen LogP contribution < -0.4 is 5.32 Å². The number of nitrogens with zero attached hydrogens (tertiary/aromatic N) is 3. The van der Waals surface area contributed by atoms with E-state index >= 15 is 0 Å². The number of hydrogen-bond acceptors (Lipinski definition) is 3. The Morgan fingerprint density at radius 2 is 2.25 bits per heavy atom. The fourth-order valence-corrected chi connectivity index (χ4v) is 1.47. The summed E-state index contributed by atoms with van der Waals surface area (Å²) in [5, 5.41) is 3.34. The number of aromatic nitrogens is 4. The largest absolute Gasteiger partial charge is 0.338 e. The highest BCUT2D eigenvalue weighted by Crippen LogP contribution is 2.11. The van der Waals surface area contributed by atoms with Gasteiger partial charge < -0.3 is 14.9 Å². The molecule has 0 aliphatic rings.